The summed E-state index contributed by atoms with van der Waals surface area (Å²) in [5.74, 6) is 1.87. The van der Waals surface area contributed by atoms with Gasteiger partial charge in [0.25, 0.3) is 0 Å². The van der Waals surface area contributed by atoms with Crippen molar-refractivity contribution in [2.45, 2.75) is 44.2 Å². The van der Waals surface area contributed by atoms with Gasteiger partial charge in [-0.2, -0.15) is 11.8 Å². The molecule has 1 aliphatic carbocycles. The van der Waals surface area contributed by atoms with Crippen LogP contribution in [0, 0.1) is 5.92 Å². The van der Waals surface area contributed by atoms with Crippen molar-refractivity contribution in [3.8, 4) is 0 Å². The smallest absolute Gasteiger partial charge is 0.306 e. The van der Waals surface area contributed by atoms with Gasteiger partial charge >= 0.3 is 5.97 Å². The third-order valence-corrected chi connectivity index (χ3v) is 5.25. The molecule has 2 rings (SSSR count). The second-order valence-corrected chi connectivity index (χ2v) is 6.18. The standard InChI is InChI=1S/C12H21NO2S/c1-13(11-6-7-16-8-11)10-4-2-9(3-5-10)12(14)15/h9-11H,2-8H2,1H3,(H,14,15). The van der Waals surface area contributed by atoms with Crippen molar-refractivity contribution in [2.75, 3.05) is 18.6 Å². The van der Waals surface area contributed by atoms with E-state index in [4.69, 9.17) is 5.11 Å². The quantitative estimate of drug-likeness (QED) is 0.824. The highest BCUT2D eigenvalue weighted by atomic mass is 32.2. The van der Waals surface area contributed by atoms with E-state index in [-0.39, 0.29) is 5.92 Å². The Bertz CT molecular complexity index is 245. The van der Waals surface area contributed by atoms with Gasteiger partial charge in [0, 0.05) is 17.8 Å². The molecule has 2 fully saturated rings. The second-order valence-electron chi connectivity index (χ2n) is 5.03. The summed E-state index contributed by atoms with van der Waals surface area (Å²) in [6, 6.07) is 1.36. The third kappa shape index (κ3) is 2.72. The van der Waals surface area contributed by atoms with Crippen LogP contribution in [0.1, 0.15) is 32.1 Å². The molecule has 1 unspecified atom stereocenters. The van der Waals surface area contributed by atoms with Gasteiger partial charge in [-0.25, -0.2) is 0 Å². The Morgan fingerprint density at radius 1 is 1.19 bits per heavy atom. The molecule has 1 saturated heterocycles. The van der Waals surface area contributed by atoms with E-state index in [1.165, 1.54) is 17.9 Å². The average Bonchev–Trinajstić information content (AvgIpc) is 2.81. The molecule has 0 aromatic rings. The summed E-state index contributed by atoms with van der Waals surface area (Å²) < 4.78 is 0. The van der Waals surface area contributed by atoms with E-state index in [2.05, 4.69) is 11.9 Å². The van der Waals surface area contributed by atoms with Crippen LogP contribution in [0.4, 0.5) is 0 Å². The summed E-state index contributed by atoms with van der Waals surface area (Å²) in [5.41, 5.74) is 0. The number of carboxylic acid groups (broad SMARTS) is 1. The monoisotopic (exact) mass is 243 g/mol. The second kappa shape index (κ2) is 5.41. The molecule has 92 valence electrons. The number of carbonyl (C=O) groups is 1. The lowest BCUT2D eigenvalue weighted by molar-refractivity contribution is -0.143. The van der Waals surface area contributed by atoms with Gasteiger partial charge in [0.1, 0.15) is 0 Å². The highest BCUT2D eigenvalue weighted by Crippen LogP contribution is 2.31. The summed E-state index contributed by atoms with van der Waals surface area (Å²) in [5, 5.41) is 8.96. The number of carboxylic acids is 1. The van der Waals surface area contributed by atoms with Crippen LogP contribution < -0.4 is 0 Å². The molecule has 1 aliphatic heterocycles. The maximum Gasteiger partial charge on any atom is 0.306 e. The molecule has 1 N–H and O–H groups in total. The molecule has 4 heteroatoms. The zero-order valence-electron chi connectivity index (χ0n) is 9.89. The zero-order chi connectivity index (χ0) is 11.5. The lowest BCUT2D eigenvalue weighted by atomic mass is 9.85. The van der Waals surface area contributed by atoms with Gasteiger partial charge in [-0.15, -0.1) is 0 Å². The van der Waals surface area contributed by atoms with E-state index in [1.807, 2.05) is 11.8 Å². The van der Waals surface area contributed by atoms with Crippen molar-refractivity contribution in [3.63, 3.8) is 0 Å². The number of hydrogen-bond acceptors (Lipinski definition) is 3. The number of rotatable bonds is 3. The van der Waals surface area contributed by atoms with Crippen molar-refractivity contribution >= 4 is 17.7 Å². The Kier molecular flexibility index (Phi) is 4.14. The molecule has 1 heterocycles. The van der Waals surface area contributed by atoms with E-state index in [1.54, 1.807) is 0 Å². The molecule has 0 spiro atoms. The van der Waals surface area contributed by atoms with Crippen molar-refractivity contribution < 1.29 is 9.90 Å². The lowest BCUT2D eigenvalue weighted by Crippen LogP contribution is -2.42. The molecule has 0 bridgehead atoms. The van der Waals surface area contributed by atoms with Crippen molar-refractivity contribution in [2.24, 2.45) is 5.92 Å². The van der Waals surface area contributed by atoms with Crippen molar-refractivity contribution in [1.29, 1.82) is 0 Å². The number of aliphatic carboxylic acids is 1. The number of thioether (sulfide) groups is 1. The summed E-state index contributed by atoms with van der Waals surface area (Å²) in [4.78, 5) is 13.4. The van der Waals surface area contributed by atoms with Crippen LogP contribution in [0.3, 0.4) is 0 Å². The first-order valence-electron chi connectivity index (χ1n) is 6.21. The summed E-state index contributed by atoms with van der Waals surface area (Å²) in [6.45, 7) is 0. The fraction of sp³-hybridized carbons (Fsp3) is 0.917. The fourth-order valence-corrected chi connectivity index (χ4v) is 4.15. The molecule has 0 aromatic carbocycles. The van der Waals surface area contributed by atoms with E-state index >= 15 is 0 Å². The van der Waals surface area contributed by atoms with Crippen LogP contribution in [-0.2, 0) is 4.79 Å². The molecular formula is C12H21NO2S. The van der Waals surface area contributed by atoms with Crippen LogP contribution in [-0.4, -0.2) is 46.6 Å². The zero-order valence-corrected chi connectivity index (χ0v) is 10.7. The normalized spacial score (nSPS) is 35.5. The third-order valence-electron chi connectivity index (χ3n) is 4.10. The Balaban J connectivity index is 1.81. The van der Waals surface area contributed by atoms with E-state index in [9.17, 15) is 4.79 Å². The molecule has 3 nitrogen and oxygen atoms in total. The summed E-state index contributed by atoms with van der Waals surface area (Å²) in [7, 11) is 2.22. The van der Waals surface area contributed by atoms with E-state index in [0.717, 1.165) is 31.7 Å². The van der Waals surface area contributed by atoms with Crippen LogP contribution in [0.2, 0.25) is 0 Å². The van der Waals surface area contributed by atoms with E-state index < -0.39 is 5.97 Å². The van der Waals surface area contributed by atoms with Gasteiger partial charge in [0.15, 0.2) is 0 Å². The van der Waals surface area contributed by atoms with Gasteiger partial charge in [0.2, 0.25) is 0 Å². The van der Waals surface area contributed by atoms with Crippen LogP contribution >= 0.6 is 11.8 Å². The predicted octanol–water partition coefficient (Wildman–Crippen LogP) is 2.07. The first-order valence-corrected chi connectivity index (χ1v) is 7.36. The van der Waals surface area contributed by atoms with Crippen LogP contribution in [0.25, 0.3) is 0 Å². The summed E-state index contributed by atoms with van der Waals surface area (Å²) >= 11 is 2.04. The van der Waals surface area contributed by atoms with Gasteiger partial charge in [-0.1, -0.05) is 0 Å². The molecular weight excluding hydrogens is 222 g/mol. The maximum atomic E-state index is 10.9. The minimum Gasteiger partial charge on any atom is -0.481 e. The maximum absolute atomic E-state index is 10.9. The van der Waals surface area contributed by atoms with Crippen LogP contribution in [0.5, 0.6) is 0 Å². The Hall–Kier alpha value is -0.220. The first-order chi connectivity index (χ1) is 7.68. The van der Waals surface area contributed by atoms with E-state index in [0.29, 0.717) is 6.04 Å². The minimum atomic E-state index is -0.600. The van der Waals surface area contributed by atoms with Gasteiger partial charge in [-0.3, -0.25) is 9.69 Å². The first kappa shape index (κ1) is 12.2. The largest absolute Gasteiger partial charge is 0.481 e. The highest BCUT2D eigenvalue weighted by Gasteiger charge is 2.31. The summed E-state index contributed by atoms with van der Waals surface area (Å²) in [6.07, 6.45) is 5.16. The van der Waals surface area contributed by atoms with Crippen molar-refractivity contribution in [1.82, 2.24) is 4.90 Å². The molecule has 16 heavy (non-hydrogen) atoms. The van der Waals surface area contributed by atoms with Crippen molar-refractivity contribution in [3.05, 3.63) is 0 Å². The predicted molar refractivity (Wildman–Crippen MR) is 66.9 cm³/mol. The number of hydrogen-bond donors (Lipinski definition) is 1. The van der Waals surface area contributed by atoms with Gasteiger partial charge in [-0.05, 0) is 44.9 Å². The Labute approximate surface area is 102 Å². The van der Waals surface area contributed by atoms with Gasteiger partial charge in [0.05, 0.1) is 5.92 Å². The van der Waals surface area contributed by atoms with Gasteiger partial charge < -0.3 is 5.11 Å². The molecule has 2 aliphatic rings. The average molecular weight is 243 g/mol. The number of nitrogens with zero attached hydrogens (tertiary/aromatic N) is 1. The SMILES string of the molecule is CN(C1CCC(C(=O)O)CC1)C1CCSC1. The molecule has 0 amide bonds. The fourth-order valence-electron chi connectivity index (χ4n) is 2.87. The Morgan fingerprint density at radius 2 is 1.88 bits per heavy atom. The molecule has 0 aromatic heterocycles. The molecule has 0 radical (unpaired) electrons. The minimum absolute atomic E-state index is 0.0809. The Morgan fingerprint density at radius 3 is 2.38 bits per heavy atom. The lowest BCUT2D eigenvalue weighted by Gasteiger charge is -2.36. The topological polar surface area (TPSA) is 40.5 Å². The highest BCUT2D eigenvalue weighted by molar-refractivity contribution is 7.99. The van der Waals surface area contributed by atoms with Crippen LogP contribution in [0.15, 0.2) is 0 Å². The molecule has 1 saturated carbocycles. The molecule has 1 atom stereocenters.